The molecule has 0 aliphatic carbocycles. The molecule has 1 aromatic heterocycles. The Balaban J connectivity index is 1.58. The van der Waals surface area contributed by atoms with Gasteiger partial charge in [-0.25, -0.2) is 13.6 Å². The minimum atomic E-state index is -0.935. The molecule has 0 fully saturated rings. The summed E-state index contributed by atoms with van der Waals surface area (Å²) in [6.45, 7) is 3.13. The average Bonchev–Trinajstić information content (AvgIpc) is 3.06. The lowest BCUT2D eigenvalue weighted by Gasteiger charge is -2.28. The van der Waals surface area contributed by atoms with E-state index in [0.717, 1.165) is 11.8 Å². The molecule has 0 radical (unpaired) electrons. The Morgan fingerprint density at radius 3 is 2.81 bits per heavy atom. The van der Waals surface area contributed by atoms with Gasteiger partial charge in [-0.15, -0.1) is 0 Å². The van der Waals surface area contributed by atoms with E-state index in [1.165, 1.54) is 4.90 Å². The fourth-order valence-corrected chi connectivity index (χ4v) is 4.42. The summed E-state index contributed by atoms with van der Waals surface area (Å²) in [5, 5.41) is 17.1. The fourth-order valence-electron chi connectivity index (χ4n) is 4.26. The van der Waals surface area contributed by atoms with Gasteiger partial charge in [-0.3, -0.25) is 9.48 Å². The van der Waals surface area contributed by atoms with Crippen molar-refractivity contribution in [3.05, 3.63) is 45.7 Å². The van der Waals surface area contributed by atoms with Gasteiger partial charge < -0.3 is 20.2 Å². The van der Waals surface area contributed by atoms with Crippen molar-refractivity contribution >= 4 is 29.2 Å². The third kappa shape index (κ3) is 4.04. The van der Waals surface area contributed by atoms with E-state index in [4.69, 9.17) is 11.6 Å². The van der Waals surface area contributed by atoms with Crippen LogP contribution in [0, 0.1) is 17.6 Å². The predicted octanol–water partition coefficient (Wildman–Crippen LogP) is 2.88. The number of nitrogens with one attached hydrogen (secondary N) is 1. The summed E-state index contributed by atoms with van der Waals surface area (Å²) < 4.78 is 29.1. The molecule has 0 saturated carbocycles. The number of aromatic nitrogens is 2. The zero-order valence-corrected chi connectivity index (χ0v) is 18.5. The van der Waals surface area contributed by atoms with Gasteiger partial charge in [0.1, 0.15) is 17.3 Å². The normalized spacial score (nSPS) is 19.3. The van der Waals surface area contributed by atoms with Gasteiger partial charge in [0.25, 0.3) is 5.91 Å². The van der Waals surface area contributed by atoms with Crippen LogP contribution in [-0.2, 0) is 19.5 Å². The van der Waals surface area contributed by atoms with Crippen molar-refractivity contribution in [2.45, 2.75) is 39.0 Å². The molecule has 3 amide bonds. The molecule has 4 rings (SSSR count). The van der Waals surface area contributed by atoms with Crippen LogP contribution in [0.3, 0.4) is 0 Å². The second kappa shape index (κ2) is 8.67. The van der Waals surface area contributed by atoms with E-state index in [-0.39, 0.29) is 29.1 Å². The molecule has 1 aromatic carbocycles. The smallest absolute Gasteiger partial charge is 0.322 e. The van der Waals surface area contributed by atoms with Crippen molar-refractivity contribution in [2.75, 3.05) is 25.5 Å². The molecule has 2 aliphatic heterocycles. The first-order valence-electron chi connectivity index (χ1n) is 10.4. The zero-order chi connectivity index (χ0) is 23.2. The number of hydrogen-bond donors (Lipinski definition) is 2. The number of hydrogen-bond acceptors (Lipinski definition) is 4. The molecular weight excluding hydrogens is 444 g/mol. The largest absolute Gasteiger partial charge is 0.393 e. The quantitative estimate of drug-likeness (QED) is 0.679. The molecular formula is C21H24ClF2N5O3. The molecule has 8 nitrogen and oxygen atoms in total. The van der Waals surface area contributed by atoms with Gasteiger partial charge in [-0.05, 0) is 12.5 Å². The summed E-state index contributed by atoms with van der Waals surface area (Å²) in [6.07, 6.45) is 0.436. The van der Waals surface area contributed by atoms with E-state index >= 15 is 0 Å². The number of nitrogens with zero attached hydrogens (tertiary/aromatic N) is 4. The fraction of sp³-hybridized carbons (Fsp3) is 0.476. The highest BCUT2D eigenvalue weighted by molar-refractivity contribution is 6.31. The number of amides is 3. The highest BCUT2D eigenvalue weighted by Gasteiger charge is 2.36. The van der Waals surface area contributed by atoms with Gasteiger partial charge in [0.05, 0.1) is 29.1 Å². The van der Waals surface area contributed by atoms with Crippen LogP contribution in [0.2, 0.25) is 5.02 Å². The number of rotatable bonds is 3. The van der Waals surface area contributed by atoms with Crippen molar-refractivity contribution < 1.29 is 23.5 Å². The van der Waals surface area contributed by atoms with E-state index in [9.17, 15) is 23.5 Å². The van der Waals surface area contributed by atoms with Crippen LogP contribution in [0.1, 0.15) is 35.1 Å². The number of halogens is 3. The van der Waals surface area contributed by atoms with E-state index in [0.29, 0.717) is 49.8 Å². The summed E-state index contributed by atoms with van der Waals surface area (Å²) >= 11 is 5.70. The molecule has 0 saturated heterocycles. The third-order valence-electron chi connectivity index (χ3n) is 6.07. The second-order valence-corrected chi connectivity index (χ2v) is 8.63. The van der Waals surface area contributed by atoms with Crippen LogP contribution in [0.4, 0.5) is 19.3 Å². The molecule has 3 heterocycles. The summed E-state index contributed by atoms with van der Waals surface area (Å²) in [5.41, 5.74) is 1.55. The third-order valence-corrected chi connectivity index (χ3v) is 6.36. The Bertz CT molecular complexity index is 1080. The minimum absolute atomic E-state index is 0.119. The summed E-state index contributed by atoms with van der Waals surface area (Å²) in [7, 11) is 1.68. The number of anilines is 1. The van der Waals surface area contributed by atoms with Gasteiger partial charge in [-0.2, -0.15) is 5.10 Å². The SMILES string of the molecule is CC[C@H](O)[C@H]1CN(C)C(=O)c2c3c(nn2C1)CCN(C(=O)Nc1cc(Cl)c(F)cc1F)C3. The molecule has 11 heteroatoms. The number of aliphatic hydroxyl groups is 1. The Morgan fingerprint density at radius 2 is 2.09 bits per heavy atom. The average molecular weight is 468 g/mol. The summed E-state index contributed by atoms with van der Waals surface area (Å²) in [6, 6.07) is 1.04. The number of carbonyl (C=O) groups excluding carboxylic acids is 2. The predicted molar refractivity (Wildman–Crippen MR) is 113 cm³/mol. The van der Waals surface area contributed by atoms with Crippen LogP contribution in [0.25, 0.3) is 0 Å². The minimum Gasteiger partial charge on any atom is -0.393 e. The van der Waals surface area contributed by atoms with Crippen molar-refractivity contribution in [3.63, 3.8) is 0 Å². The van der Waals surface area contributed by atoms with Gasteiger partial charge in [0.15, 0.2) is 0 Å². The number of urea groups is 1. The van der Waals surface area contributed by atoms with Crippen molar-refractivity contribution in [3.8, 4) is 0 Å². The highest BCUT2D eigenvalue weighted by atomic mass is 35.5. The maximum atomic E-state index is 14.0. The van der Waals surface area contributed by atoms with E-state index in [1.807, 2.05) is 6.92 Å². The molecule has 0 unspecified atom stereocenters. The maximum Gasteiger partial charge on any atom is 0.322 e. The number of aliphatic hydroxyl groups excluding tert-OH is 1. The Labute approximate surface area is 188 Å². The van der Waals surface area contributed by atoms with Crippen LogP contribution in [-0.4, -0.2) is 62.9 Å². The first-order valence-corrected chi connectivity index (χ1v) is 10.8. The molecule has 32 heavy (non-hydrogen) atoms. The molecule has 2 N–H and O–H groups in total. The van der Waals surface area contributed by atoms with Crippen molar-refractivity contribution in [1.82, 2.24) is 19.6 Å². The lowest BCUT2D eigenvalue weighted by molar-refractivity contribution is 0.0626. The van der Waals surface area contributed by atoms with Crippen LogP contribution >= 0.6 is 11.6 Å². The Morgan fingerprint density at radius 1 is 1.34 bits per heavy atom. The molecule has 2 atom stereocenters. The Kier molecular flexibility index (Phi) is 6.09. The van der Waals surface area contributed by atoms with Crippen molar-refractivity contribution in [1.29, 1.82) is 0 Å². The molecule has 0 bridgehead atoms. The lowest BCUT2D eigenvalue weighted by Crippen LogP contribution is -2.40. The zero-order valence-electron chi connectivity index (χ0n) is 17.7. The molecule has 0 spiro atoms. The maximum absolute atomic E-state index is 14.0. The molecule has 2 aromatic rings. The van der Waals surface area contributed by atoms with Crippen LogP contribution < -0.4 is 5.32 Å². The number of benzene rings is 1. The van der Waals surface area contributed by atoms with Crippen LogP contribution in [0.5, 0.6) is 0 Å². The first kappa shape index (κ1) is 22.5. The molecule has 2 aliphatic rings. The number of fused-ring (bicyclic) bond motifs is 3. The van der Waals surface area contributed by atoms with Crippen LogP contribution in [0.15, 0.2) is 12.1 Å². The highest BCUT2D eigenvalue weighted by Crippen LogP contribution is 2.29. The second-order valence-electron chi connectivity index (χ2n) is 8.23. The summed E-state index contributed by atoms with van der Waals surface area (Å²) in [4.78, 5) is 28.8. The standard InChI is InChI=1S/C21H24ClF2N5O3/c1-3-18(30)11-8-27(2)20(31)19-12-10-28(5-4-16(12)26-29(19)9-11)21(32)25-17-6-13(22)14(23)7-15(17)24/h6-7,11,18,30H,3-5,8-10H2,1-2H3,(H,25,32)/t11-,18-/m0/s1. The summed E-state index contributed by atoms with van der Waals surface area (Å²) in [5.74, 6) is -2.22. The van der Waals surface area contributed by atoms with Gasteiger partial charge in [0, 0.05) is 50.7 Å². The number of carbonyl (C=O) groups is 2. The van der Waals surface area contributed by atoms with E-state index < -0.39 is 23.8 Å². The van der Waals surface area contributed by atoms with Gasteiger partial charge in [-0.1, -0.05) is 18.5 Å². The van der Waals surface area contributed by atoms with Crippen molar-refractivity contribution in [2.24, 2.45) is 5.92 Å². The monoisotopic (exact) mass is 467 g/mol. The van der Waals surface area contributed by atoms with E-state index in [2.05, 4.69) is 10.4 Å². The van der Waals surface area contributed by atoms with E-state index in [1.54, 1.807) is 16.6 Å². The van der Waals surface area contributed by atoms with Gasteiger partial charge in [0.2, 0.25) is 0 Å². The molecule has 172 valence electrons. The first-order chi connectivity index (χ1) is 15.2. The van der Waals surface area contributed by atoms with Gasteiger partial charge >= 0.3 is 6.03 Å². The topological polar surface area (TPSA) is 90.7 Å². The lowest BCUT2D eigenvalue weighted by atomic mass is 10.0. The Hall–Kier alpha value is -2.72.